The Morgan fingerprint density at radius 1 is 1.47 bits per heavy atom. The Bertz CT molecular complexity index is 482. The third kappa shape index (κ3) is 3.14. The maximum atomic E-state index is 8.87. The van der Waals surface area contributed by atoms with Gasteiger partial charge in [0, 0.05) is 18.5 Å². The molecule has 0 bridgehead atoms. The number of rotatable bonds is 3. The number of aromatic nitrogens is 1. The number of nitrogens with zero attached hydrogens (tertiary/aromatic N) is 2. The van der Waals surface area contributed by atoms with Crippen LogP contribution in [0, 0.1) is 13.8 Å². The number of pyridine rings is 1. The molecule has 104 valence electrons. The highest BCUT2D eigenvalue weighted by Crippen LogP contribution is 2.24. The minimum atomic E-state index is 0.0204. The van der Waals surface area contributed by atoms with Crippen LogP contribution < -0.4 is 10.5 Å². The predicted octanol–water partition coefficient (Wildman–Crippen LogP) is 1.35. The van der Waals surface area contributed by atoms with Crippen LogP contribution in [0.1, 0.15) is 29.7 Å². The van der Waals surface area contributed by atoms with Crippen molar-refractivity contribution in [3.8, 4) is 5.88 Å². The summed E-state index contributed by atoms with van der Waals surface area (Å²) >= 11 is 0. The molecule has 0 radical (unpaired) electrons. The summed E-state index contributed by atoms with van der Waals surface area (Å²) < 4.78 is 11.2. The molecule has 0 amide bonds. The average Bonchev–Trinajstić information content (AvgIpc) is 2.38. The fourth-order valence-corrected chi connectivity index (χ4v) is 2.20. The van der Waals surface area contributed by atoms with Crippen LogP contribution in [0.15, 0.2) is 11.2 Å². The second-order valence-corrected chi connectivity index (χ2v) is 4.68. The zero-order valence-corrected chi connectivity index (χ0v) is 11.2. The van der Waals surface area contributed by atoms with Gasteiger partial charge in [0.05, 0.1) is 18.8 Å². The van der Waals surface area contributed by atoms with Crippen molar-refractivity contribution in [2.75, 3.05) is 13.2 Å². The molecule has 3 N–H and O–H groups in total. The normalized spacial score (nSPS) is 17.5. The predicted molar refractivity (Wildman–Crippen MR) is 70.7 cm³/mol. The van der Waals surface area contributed by atoms with Crippen molar-refractivity contribution in [3.63, 3.8) is 0 Å². The molecule has 6 heteroatoms. The van der Waals surface area contributed by atoms with Crippen LogP contribution in [-0.2, 0) is 4.74 Å². The lowest BCUT2D eigenvalue weighted by molar-refractivity contribution is 0.0236. The summed E-state index contributed by atoms with van der Waals surface area (Å²) in [5.41, 5.74) is 7.98. The molecule has 0 saturated carbocycles. The van der Waals surface area contributed by atoms with E-state index in [-0.39, 0.29) is 11.9 Å². The smallest absolute Gasteiger partial charge is 0.225 e. The van der Waals surface area contributed by atoms with Gasteiger partial charge in [-0.05, 0) is 25.5 Å². The molecule has 1 aromatic heterocycles. The Balaban J connectivity index is 2.31. The summed E-state index contributed by atoms with van der Waals surface area (Å²) in [6, 6.07) is 1.88. The molecule has 0 atom stereocenters. The molecule has 1 aromatic rings. The third-order valence-corrected chi connectivity index (χ3v) is 3.12. The van der Waals surface area contributed by atoms with Crippen LogP contribution in [0.3, 0.4) is 0 Å². The van der Waals surface area contributed by atoms with E-state index < -0.39 is 0 Å². The van der Waals surface area contributed by atoms with Crippen molar-refractivity contribution >= 4 is 5.84 Å². The van der Waals surface area contributed by atoms with E-state index in [4.69, 9.17) is 20.4 Å². The van der Waals surface area contributed by atoms with Crippen LogP contribution >= 0.6 is 0 Å². The van der Waals surface area contributed by atoms with Crippen LogP contribution in [0.4, 0.5) is 0 Å². The summed E-state index contributed by atoms with van der Waals surface area (Å²) in [5.74, 6) is 0.451. The van der Waals surface area contributed by atoms with E-state index >= 15 is 0 Å². The average molecular weight is 265 g/mol. The standard InChI is InChI=1S/C13H19N3O3/c1-8-7-9(2)15-13(11(8)12(14)16-17)19-10-3-5-18-6-4-10/h7,10,17H,3-6H2,1-2H3,(H2,14,16). The molecular weight excluding hydrogens is 246 g/mol. The Labute approximate surface area is 112 Å². The Morgan fingerprint density at radius 2 is 2.16 bits per heavy atom. The molecular formula is C13H19N3O3. The van der Waals surface area contributed by atoms with Crippen molar-refractivity contribution < 1.29 is 14.7 Å². The molecule has 0 aromatic carbocycles. The molecule has 6 nitrogen and oxygen atoms in total. The summed E-state index contributed by atoms with van der Waals surface area (Å²) in [6.45, 7) is 5.15. The number of aryl methyl sites for hydroxylation is 2. The van der Waals surface area contributed by atoms with Gasteiger partial charge in [0.15, 0.2) is 5.84 Å². The molecule has 1 aliphatic heterocycles. The number of oxime groups is 1. The van der Waals surface area contributed by atoms with E-state index in [9.17, 15) is 0 Å². The highest BCUT2D eigenvalue weighted by Gasteiger charge is 2.20. The summed E-state index contributed by atoms with van der Waals surface area (Å²) in [6.07, 6.45) is 1.71. The van der Waals surface area contributed by atoms with Crippen LogP contribution in [0.5, 0.6) is 5.88 Å². The third-order valence-electron chi connectivity index (χ3n) is 3.12. The van der Waals surface area contributed by atoms with Crippen molar-refractivity contribution in [2.24, 2.45) is 10.9 Å². The largest absolute Gasteiger partial charge is 0.474 e. The van der Waals surface area contributed by atoms with E-state index in [0.717, 1.165) is 24.1 Å². The lowest BCUT2D eigenvalue weighted by Gasteiger charge is -2.24. The van der Waals surface area contributed by atoms with Crippen LogP contribution in [0.25, 0.3) is 0 Å². The fraction of sp³-hybridized carbons (Fsp3) is 0.538. The maximum absolute atomic E-state index is 8.87. The molecule has 1 aliphatic rings. The number of nitrogens with two attached hydrogens (primary N) is 1. The minimum absolute atomic E-state index is 0.0204. The quantitative estimate of drug-likeness (QED) is 0.372. The maximum Gasteiger partial charge on any atom is 0.225 e. The Kier molecular flexibility index (Phi) is 4.21. The summed E-state index contributed by atoms with van der Waals surface area (Å²) in [4.78, 5) is 4.36. The van der Waals surface area contributed by atoms with E-state index in [1.807, 2.05) is 19.9 Å². The lowest BCUT2D eigenvalue weighted by atomic mass is 10.1. The number of hydrogen-bond acceptors (Lipinski definition) is 5. The van der Waals surface area contributed by atoms with E-state index in [1.54, 1.807) is 0 Å². The van der Waals surface area contributed by atoms with Gasteiger partial charge in [-0.15, -0.1) is 0 Å². The molecule has 0 spiro atoms. The Morgan fingerprint density at radius 3 is 2.79 bits per heavy atom. The molecule has 2 heterocycles. The highest BCUT2D eigenvalue weighted by atomic mass is 16.5. The van der Waals surface area contributed by atoms with Gasteiger partial charge in [-0.1, -0.05) is 5.16 Å². The van der Waals surface area contributed by atoms with Gasteiger partial charge in [0.25, 0.3) is 0 Å². The molecule has 1 fully saturated rings. The molecule has 2 rings (SSSR count). The highest BCUT2D eigenvalue weighted by molar-refractivity contribution is 6.00. The van der Waals surface area contributed by atoms with E-state index in [2.05, 4.69) is 10.1 Å². The number of hydrogen-bond donors (Lipinski definition) is 2. The molecule has 19 heavy (non-hydrogen) atoms. The first-order chi connectivity index (χ1) is 9.11. The number of ether oxygens (including phenoxy) is 2. The Hall–Kier alpha value is -1.82. The molecule has 0 aliphatic carbocycles. The van der Waals surface area contributed by atoms with Gasteiger partial charge < -0.3 is 20.4 Å². The second kappa shape index (κ2) is 5.88. The summed E-state index contributed by atoms with van der Waals surface area (Å²) in [5, 5.41) is 11.9. The van der Waals surface area contributed by atoms with E-state index in [1.165, 1.54) is 0 Å². The minimum Gasteiger partial charge on any atom is -0.474 e. The first-order valence-electron chi connectivity index (χ1n) is 6.32. The number of amidine groups is 1. The zero-order chi connectivity index (χ0) is 13.8. The van der Waals surface area contributed by atoms with Gasteiger partial charge in [-0.25, -0.2) is 4.98 Å². The first-order valence-corrected chi connectivity index (χ1v) is 6.32. The molecule has 1 saturated heterocycles. The SMILES string of the molecule is Cc1cc(C)c(/C(N)=N/O)c(OC2CCOCC2)n1. The van der Waals surface area contributed by atoms with E-state index in [0.29, 0.717) is 24.7 Å². The van der Waals surface area contributed by atoms with Gasteiger partial charge in [0.2, 0.25) is 5.88 Å². The van der Waals surface area contributed by atoms with Crippen molar-refractivity contribution in [1.82, 2.24) is 4.98 Å². The lowest BCUT2D eigenvalue weighted by Crippen LogP contribution is -2.28. The van der Waals surface area contributed by atoms with Gasteiger partial charge in [-0.3, -0.25) is 0 Å². The fourth-order valence-electron chi connectivity index (χ4n) is 2.20. The van der Waals surface area contributed by atoms with Gasteiger partial charge in [0.1, 0.15) is 6.10 Å². The van der Waals surface area contributed by atoms with Gasteiger partial charge >= 0.3 is 0 Å². The molecule has 0 unspecified atom stereocenters. The van der Waals surface area contributed by atoms with Crippen molar-refractivity contribution in [3.05, 3.63) is 22.9 Å². The monoisotopic (exact) mass is 265 g/mol. The van der Waals surface area contributed by atoms with Crippen molar-refractivity contribution in [1.29, 1.82) is 0 Å². The second-order valence-electron chi connectivity index (χ2n) is 4.68. The van der Waals surface area contributed by atoms with Crippen molar-refractivity contribution in [2.45, 2.75) is 32.8 Å². The zero-order valence-electron chi connectivity index (χ0n) is 11.2. The first kappa shape index (κ1) is 13.6. The topological polar surface area (TPSA) is 90.0 Å². The van der Waals surface area contributed by atoms with Crippen LogP contribution in [-0.4, -0.2) is 35.3 Å². The van der Waals surface area contributed by atoms with Crippen LogP contribution in [0.2, 0.25) is 0 Å². The summed E-state index contributed by atoms with van der Waals surface area (Å²) in [7, 11) is 0. The van der Waals surface area contributed by atoms with Gasteiger partial charge in [-0.2, -0.15) is 0 Å².